The third kappa shape index (κ3) is 3.83. The van der Waals surface area contributed by atoms with Crippen LogP contribution in [0, 0.1) is 5.92 Å². The first-order valence-corrected chi connectivity index (χ1v) is 8.19. The Morgan fingerprint density at radius 1 is 1.33 bits per heavy atom. The molecule has 0 spiro atoms. The number of rotatable bonds is 6. The van der Waals surface area contributed by atoms with Crippen molar-refractivity contribution in [1.29, 1.82) is 0 Å². The predicted molar refractivity (Wildman–Crippen MR) is 92.0 cm³/mol. The highest BCUT2D eigenvalue weighted by Crippen LogP contribution is 2.30. The molecule has 1 unspecified atom stereocenters. The number of nitrogens with two attached hydrogens (primary N) is 1. The summed E-state index contributed by atoms with van der Waals surface area (Å²) in [5, 5.41) is 4.64. The number of anilines is 2. The Labute approximate surface area is 130 Å². The Balaban J connectivity index is 2.37. The van der Waals surface area contributed by atoms with E-state index in [1.54, 1.807) is 11.3 Å². The van der Waals surface area contributed by atoms with Gasteiger partial charge in [-0.2, -0.15) is 4.98 Å². The van der Waals surface area contributed by atoms with Crippen LogP contribution in [0.25, 0.3) is 10.2 Å². The third-order valence-corrected chi connectivity index (χ3v) is 4.67. The van der Waals surface area contributed by atoms with Gasteiger partial charge < -0.3 is 16.0 Å². The minimum absolute atomic E-state index is 0.322. The van der Waals surface area contributed by atoms with Crippen LogP contribution < -0.4 is 11.1 Å². The highest BCUT2D eigenvalue weighted by Gasteiger charge is 2.18. The van der Waals surface area contributed by atoms with E-state index in [1.807, 2.05) is 0 Å². The fraction of sp³-hybridized carbons (Fsp3) is 0.600. The molecular formula is C15H25N5S. The second-order valence-corrected chi connectivity index (χ2v) is 7.09. The number of hydrogen-bond donors (Lipinski definition) is 2. The molecule has 0 aliphatic carbocycles. The van der Waals surface area contributed by atoms with E-state index in [0.717, 1.165) is 29.0 Å². The van der Waals surface area contributed by atoms with E-state index < -0.39 is 0 Å². The van der Waals surface area contributed by atoms with Crippen molar-refractivity contribution in [3.8, 4) is 0 Å². The summed E-state index contributed by atoms with van der Waals surface area (Å²) >= 11 is 1.69. The van der Waals surface area contributed by atoms with E-state index >= 15 is 0 Å². The van der Waals surface area contributed by atoms with Gasteiger partial charge >= 0.3 is 0 Å². The van der Waals surface area contributed by atoms with Crippen molar-refractivity contribution in [2.45, 2.75) is 33.2 Å². The monoisotopic (exact) mass is 307 g/mol. The number of nitrogens with zero attached hydrogens (tertiary/aromatic N) is 3. The molecule has 0 aliphatic heterocycles. The number of hydrogen-bond acceptors (Lipinski definition) is 6. The number of nitrogen functional groups attached to an aromatic ring is 1. The van der Waals surface area contributed by atoms with Gasteiger partial charge in [-0.3, -0.25) is 0 Å². The summed E-state index contributed by atoms with van der Waals surface area (Å²) in [6.45, 7) is 7.54. The summed E-state index contributed by atoms with van der Waals surface area (Å²) in [4.78, 5) is 13.2. The molecule has 0 saturated carbocycles. The fourth-order valence-electron chi connectivity index (χ4n) is 2.26. The van der Waals surface area contributed by atoms with Crippen LogP contribution in [-0.2, 0) is 6.42 Å². The molecule has 2 heterocycles. The molecule has 5 nitrogen and oxygen atoms in total. The van der Waals surface area contributed by atoms with E-state index in [4.69, 9.17) is 5.73 Å². The van der Waals surface area contributed by atoms with E-state index in [9.17, 15) is 0 Å². The maximum atomic E-state index is 5.86. The number of nitrogens with one attached hydrogen (secondary N) is 1. The van der Waals surface area contributed by atoms with E-state index in [0.29, 0.717) is 17.9 Å². The van der Waals surface area contributed by atoms with Crippen molar-refractivity contribution >= 4 is 33.3 Å². The average molecular weight is 307 g/mol. The lowest BCUT2D eigenvalue weighted by atomic mass is 10.0. The van der Waals surface area contributed by atoms with Crippen LogP contribution >= 0.6 is 11.3 Å². The lowest BCUT2D eigenvalue weighted by molar-refractivity contribution is 0.344. The van der Waals surface area contributed by atoms with Gasteiger partial charge in [-0.25, -0.2) is 4.98 Å². The molecule has 0 aromatic carbocycles. The lowest BCUT2D eigenvalue weighted by Gasteiger charge is -2.26. The summed E-state index contributed by atoms with van der Waals surface area (Å²) in [7, 11) is 4.17. The molecule has 0 radical (unpaired) electrons. The van der Waals surface area contributed by atoms with Gasteiger partial charge in [0.25, 0.3) is 0 Å². The first kappa shape index (κ1) is 16.0. The van der Waals surface area contributed by atoms with E-state index in [-0.39, 0.29) is 0 Å². The maximum absolute atomic E-state index is 5.86. The molecular weight excluding hydrogens is 282 g/mol. The second-order valence-electron chi connectivity index (χ2n) is 5.97. The summed E-state index contributed by atoms with van der Waals surface area (Å²) < 4.78 is 0. The van der Waals surface area contributed by atoms with Gasteiger partial charge in [-0.1, -0.05) is 20.8 Å². The van der Waals surface area contributed by atoms with Crippen molar-refractivity contribution in [3.05, 3.63) is 10.9 Å². The normalized spacial score (nSPS) is 13.3. The molecule has 2 aromatic rings. The summed E-state index contributed by atoms with van der Waals surface area (Å²) in [6.07, 6.45) is 1.01. The van der Waals surface area contributed by atoms with Crippen LogP contribution in [0.3, 0.4) is 0 Å². The molecule has 6 heteroatoms. The highest BCUT2D eigenvalue weighted by molar-refractivity contribution is 7.18. The van der Waals surface area contributed by atoms with Gasteiger partial charge in [0, 0.05) is 17.5 Å². The summed E-state index contributed by atoms with van der Waals surface area (Å²) in [5.74, 6) is 1.69. The van der Waals surface area contributed by atoms with Gasteiger partial charge in [-0.15, -0.1) is 11.3 Å². The quantitative estimate of drug-likeness (QED) is 0.859. The number of thiophene rings is 1. The van der Waals surface area contributed by atoms with Gasteiger partial charge in [0.15, 0.2) is 0 Å². The SMILES string of the molecule is CCc1cc2c(NC(CN(C)C)C(C)C)nc(N)nc2s1. The average Bonchev–Trinajstić information content (AvgIpc) is 2.80. The van der Waals surface area contributed by atoms with Gasteiger partial charge in [0.05, 0.1) is 5.39 Å². The lowest BCUT2D eigenvalue weighted by Crippen LogP contribution is -2.36. The second kappa shape index (κ2) is 6.58. The summed E-state index contributed by atoms with van der Waals surface area (Å²) in [5.41, 5.74) is 5.86. The van der Waals surface area contributed by atoms with Gasteiger partial charge in [0.1, 0.15) is 10.6 Å². The molecule has 0 aliphatic rings. The third-order valence-electron chi connectivity index (χ3n) is 3.50. The molecule has 2 aromatic heterocycles. The van der Waals surface area contributed by atoms with Crippen LogP contribution in [0.4, 0.5) is 11.8 Å². The molecule has 0 amide bonds. The van der Waals surface area contributed by atoms with Crippen molar-refractivity contribution in [2.75, 3.05) is 31.7 Å². The zero-order chi connectivity index (χ0) is 15.6. The first-order chi connectivity index (χ1) is 9.90. The van der Waals surface area contributed by atoms with Gasteiger partial charge in [-0.05, 0) is 32.5 Å². The molecule has 0 saturated heterocycles. The standard InChI is InChI=1S/C15H25N5S/c1-6-10-7-11-13(18-15(16)19-14(11)21-10)17-12(9(2)3)8-20(4)5/h7,9,12H,6,8H2,1-5H3,(H3,16,17,18,19). The Morgan fingerprint density at radius 3 is 2.62 bits per heavy atom. The van der Waals surface area contributed by atoms with Crippen molar-refractivity contribution in [2.24, 2.45) is 5.92 Å². The molecule has 0 bridgehead atoms. The predicted octanol–water partition coefficient (Wildman–Crippen LogP) is 2.83. The van der Waals surface area contributed by atoms with Crippen LogP contribution in [0.2, 0.25) is 0 Å². The maximum Gasteiger partial charge on any atom is 0.223 e. The molecule has 3 N–H and O–H groups in total. The van der Waals surface area contributed by atoms with Gasteiger partial charge in [0.2, 0.25) is 5.95 Å². The van der Waals surface area contributed by atoms with Crippen LogP contribution in [0.5, 0.6) is 0 Å². The van der Waals surface area contributed by atoms with Crippen LogP contribution in [0.1, 0.15) is 25.6 Å². The Bertz CT molecular complexity index is 605. The van der Waals surface area contributed by atoms with Crippen molar-refractivity contribution < 1.29 is 0 Å². The number of aryl methyl sites for hydroxylation is 1. The van der Waals surface area contributed by atoms with Crippen molar-refractivity contribution in [3.63, 3.8) is 0 Å². The topological polar surface area (TPSA) is 67.1 Å². The zero-order valence-corrected chi connectivity index (χ0v) is 14.3. The Kier molecular flexibility index (Phi) is 5.00. The fourth-order valence-corrected chi connectivity index (χ4v) is 3.24. The first-order valence-electron chi connectivity index (χ1n) is 7.37. The van der Waals surface area contributed by atoms with Crippen LogP contribution in [0.15, 0.2) is 6.07 Å². The minimum Gasteiger partial charge on any atom is -0.368 e. The molecule has 1 atom stereocenters. The number of fused-ring (bicyclic) bond motifs is 1. The smallest absolute Gasteiger partial charge is 0.223 e. The zero-order valence-electron chi connectivity index (χ0n) is 13.5. The largest absolute Gasteiger partial charge is 0.368 e. The number of likely N-dealkylation sites (N-methyl/N-ethyl adjacent to an activating group) is 1. The molecule has 0 fully saturated rings. The molecule has 21 heavy (non-hydrogen) atoms. The highest BCUT2D eigenvalue weighted by atomic mass is 32.1. The number of aromatic nitrogens is 2. The summed E-state index contributed by atoms with van der Waals surface area (Å²) in [6, 6.07) is 2.50. The Hall–Kier alpha value is -1.40. The minimum atomic E-state index is 0.322. The van der Waals surface area contributed by atoms with Crippen LogP contribution in [-0.4, -0.2) is 41.5 Å². The van der Waals surface area contributed by atoms with E-state index in [2.05, 4.69) is 61.1 Å². The van der Waals surface area contributed by atoms with E-state index in [1.165, 1.54) is 4.88 Å². The molecule has 2 rings (SSSR count). The van der Waals surface area contributed by atoms with Crippen molar-refractivity contribution in [1.82, 2.24) is 14.9 Å². The Morgan fingerprint density at radius 2 is 2.05 bits per heavy atom. The molecule has 116 valence electrons.